The van der Waals surface area contributed by atoms with E-state index in [0.717, 1.165) is 39.4 Å². The summed E-state index contributed by atoms with van der Waals surface area (Å²) in [4.78, 5) is 10.4. The molecule has 1 aliphatic carbocycles. The monoisotopic (exact) mass is 521 g/mol. The van der Waals surface area contributed by atoms with Crippen LogP contribution >= 0.6 is 23.5 Å². The molecule has 4 N–H and O–H groups in total. The number of anilines is 2. The smallest absolute Gasteiger partial charge is 0.223 e. The average Bonchev–Trinajstić information content (AvgIpc) is 2.94. The predicted molar refractivity (Wildman–Crippen MR) is 151 cm³/mol. The normalized spacial score (nSPS) is 13.7. The van der Waals surface area contributed by atoms with Crippen LogP contribution in [0.2, 0.25) is 5.02 Å². The van der Waals surface area contributed by atoms with Crippen molar-refractivity contribution in [2.24, 2.45) is 5.73 Å². The standard InChI is InChI=1S/C26H27ClN6S.CH5N/c1-2-17-14-18(15-19-16-28-26(30-25(17)19)29-20-8-4-3-5-9-20)22-12-13-24(32-31-22)33-34-23-11-7-6-10-21(23)27;1-2/h6-7,10-16,20H,2-5,8-9H2,1H3,(H,32,33)(H,28,29,30);2H2,1H3. The van der Waals surface area contributed by atoms with Crippen molar-refractivity contribution in [3.8, 4) is 11.3 Å². The van der Waals surface area contributed by atoms with Gasteiger partial charge in [0.25, 0.3) is 0 Å². The molecule has 0 radical (unpaired) electrons. The number of benzene rings is 2. The van der Waals surface area contributed by atoms with Gasteiger partial charge in [-0.1, -0.05) is 49.9 Å². The number of nitrogens with zero attached hydrogens (tertiary/aromatic N) is 4. The van der Waals surface area contributed by atoms with Crippen LogP contribution in [0.5, 0.6) is 0 Å². The minimum absolute atomic E-state index is 0.481. The summed E-state index contributed by atoms with van der Waals surface area (Å²) in [6, 6.07) is 16.3. The molecule has 36 heavy (non-hydrogen) atoms. The highest BCUT2D eigenvalue weighted by molar-refractivity contribution is 8.00. The minimum Gasteiger partial charge on any atom is -0.351 e. The van der Waals surface area contributed by atoms with Gasteiger partial charge in [0.2, 0.25) is 5.95 Å². The largest absolute Gasteiger partial charge is 0.351 e. The van der Waals surface area contributed by atoms with Crippen LogP contribution in [0.15, 0.2) is 59.6 Å². The molecule has 5 rings (SSSR count). The zero-order valence-corrected chi connectivity index (χ0v) is 22.2. The van der Waals surface area contributed by atoms with Gasteiger partial charge in [-0.2, -0.15) is 0 Å². The Balaban J connectivity index is 0.00000148. The summed E-state index contributed by atoms with van der Waals surface area (Å²) in [5.41, 5.74) is 8.51. The summed E-state index contributed by atoms with van der Waals surface area (Å²) in [6.07, 6.45) is 9.08. The van der Waals surface area contributed by atoms with Crippen LogP contribution in [-0.4, -0.2) is 33.3 Å². The van der Waals surface area contributed by atoms with Crippen molar-refractivity contribution in [2.75, 3.05) is 17.1 Å². The second kappa shape index (κ2) is 12.9. The van der Waals surface area contributed by atoms with Crippen LogP contribution in [0.25, 0.3) is 22.2 Å². The molecule has 0 bridgehead atoms. The maximum Gasteiger partial charge on any atom is 0.223 e. The molecule has 0 amide bonds. The second-order valence-corrected chi connectivity index (χ2v) is 9.79. The lowest BCUT2D eigenvalue weighted by Gasteiger charge is -2.22. The van der Waals surface area contributed by atoms with Gasteiger partial charge in [-0.3, -0.25) is 0 Å². The van der Waals surface area contributed by atoms with Crippen LogP contribution in [0, 0.1) is 0 Å². The Bertz CT molecular complexity index is 1280. The van der Waals surface area contributed by atoms with Gasteiger partial charge in [-0.15, -0.1) is 10.2 Å². The molecule has 188 valence electrons. The van der Waals surface area contributed by atoms with Gasteiger partial charge in [-0.25, -0.2) is 9.97 Å². The number of rotatable bonds is 7. The van der Waals surface area contributed by atoms with Gasteiger partial charge in [0.1, 0.15) is 0 Å². The fraction of sp³-hybridized carbons (Fsp3) is 0.333. The summed E-state index contributed by atoms with van der Waals surface area (Å²) >= 11 is 7.64. The number of halogens is 1. The molecule has 2 heterocycles. The van der Waals surface area contributed by atoms with Gasteiger partial charge in [0.15, 0.2) is 5.82 Å². The number of hydrogen-bond acceptors (Lipinski definition) is 8. The van der Waals surface area contributed by atoms with Crippen molar-refractivity contribution >= 4 is 46.2 Å². The molecule has 4 aromatic rings. The molecule has 1 fully saturated rings. The van der Waals surface area contributed by atoms with E-state index >= 15 is 0 Å². The molecule has 1 saturated carbocycles. The van der Waals surface area contributed by atoms with Gasteiger partial charge in [0.05, 0.1) is 16.2 Å². The van der Waals surface area contributed by atoms with Crippen LogP contribution in [-0.2, 0) is 6.42 Å². The molecule has 2 aromatic carbocycles. The van der Waals surface area contributed by atoms with E-state index in [2.05, 4.69) is 50.0 Å². The lowest BCUT2D eigenvalue weighted by molar-refractivity contribution is 0.461. The van der Waals surface area contributed by atoms with Crippen LogP contribution in [0.1, 0.15) is 44.6 Å². The quantitative estimate of drug-likeness (QED) is 0.230. The first-order valence-corrected chi connectivity index (χ1v) is 13.5. The molecule has 2 aromatic heterocycles. The molecule has 0 spiro atoms. The van der Waals surface area contributed by atoms with Crippen molar-refractivity contribution in [1.82, 2.24) is 20.2 Å². The van der Waals surface area contributed by atoms with Crippen LogP contribution in [0.4, 0.5) is 11.8 Å². The molecule has 0 saturated heterocycles. The second-order valence-electron chi connectivity index (χ2n) is 8.54. The van der Waals surface area contributed by atoms with Crippen LogP contribution < -0.4 is 15.8 Å². The van der Waals surface area contributed by atoms with Crippen molar-refractivity contribution in [3.63, 3.8) is 0 Å². The van der Waals surface area contributed by atoms with Gasteiger partial charge >= 0.3 is 0 Å². The van der Waals surface area contributed by atoms with Crippen molar-refractivity contribution in [2.45, 2.75) is 56.4 Å². The third kappa shape index (κ3) is 6.43. The van der Waals surface area contributed by atoms with E-state index in [-0.39, 0.29) is 0 Å². The van der Waals surface area contributed by atoms with Crippen molar-refractivity contribution < 1.29 is 0 Å². The Hall–Kier alpha value is -2.94. The maximum atomic E-state index is 6.22. The van der Waals surface area contributed by atoms with E-state index < -0.39 is 0 Å². The van der Waals surface area contributed by atoms with Gasteiger partial charge in [0, 0.05) is 28.1 Å². The lowest BCUT2D eigenvalue weighted by atomic mass is 9.96. The van der Waals surface area contributed by atoms with Gasteiger partial charge < -0.3 is 15.8 Å². The molecular weight excluding hydrogens is 490 g/mol. The number of aryl methyl sites for hydroxylation is 1. The Morgan fingerprint density at radius 2 is 1.83 bits per heavy atom. The zero-order valence-electron chi connectivity index (χ0n) is 20.7. The summed E-state index contributed by atoms with van der Waals surface area (Å²) in [5.74, 6) is 1.40. The molecule has 7 nitrogen and oxygen atoms in total. The molecular formula is C27H32ClN7S. The molecule has 1 aliphatic rings. The lowest BCUT2D eigenvalue weighted by Crippen LogP contribution is -2.23. The maximum absolute atomic E-state index is 6.22. The number of hydrogen-bond donors (Lipinski definition) is 3. The Kier molecular flexibility index (Phi) is 9.33. The Morgan fingerprint density at radius 3 is 2.56 bits per heavy atom. The van der Waals surface area contributed by atoms with E-state index in [0.29, 0.717) is 16.9 Å². The number of aromatic nitrogens is 4. The highest BCUT2D eigenvalue weighted by Gasteiger charge is 2.15. The molecule has 0 unspecified atom stereocenters. The topological polar surface area (TPSA) is 102 Å². The molecule has 0 atom stereocenters. The predicted octanol–water partition coefficient (Wildman–Crippen LogP) is 6.74. The minimum atomic E-state index is 0.481. The molecule has 9 heteroatoms. The summed E-state index contributed by atoms with van der Waals surface area (Å²) < 4.78 is 3.20. The third-order valence-electron chi connectivity index (χ3n) is 6.14. The van der Waals surface area contributed by atoms with E-state index in [1.165, 1.54) is 56.7 Å². The average molecular weight is 522 g/mol. The van der Waals surface area contributed by atoms with Crippen molar-refractivity contribution in [1.29, 1.82) is 0 Å². The number of fused-ring (bicyclic) bond motifs is 1. The Labute approximate surface area is 221 Å². The third-order valence-corrected chi connectivity index (χ3v) is 7.47. The zero-order chi connectivity index (χ0) is 25.3. The fourth-order valence-electron chi connectivity index (χ4n) is 4.31. The SMILES string of the molecule is CCc1cc(-c2ccc(NSc3ccccc3Cl)nn2)cc2cnc(NC3CCCCC3)nc12.CN. The highest BCUT2D eigenvalue weighted by atomic mass is 35.5. The fourth-order valence-corrected chi connectivity index (χ4v) is 5.20. The molecule has 0 aliphatic heterocycles. The van der Waals surface area contributed by atoms with Crippen molar-refractivity contribution in [3.05, 3.63) is 65.3 Å². The number of nitrogens with two attached hydrogens (primary N) is 1. The first-order chi connectivity index (χ1) is 17.7. The van der Waals surface area contributed by atoms with Crippen LogP contribution in [0.3, 0.4) is 0 Å². The first kappa shape index (κ1) is 26.1. The van der Waals surface area contributed by atoms with E-state index in [1.54, 1.807) is 0 Å². The highest BCUT2D eigenvalue weighted by Crippen LogP contribution is 2.29. The van der Waals surface area contributed by atoms with E-state index in [1.807, 2.05) is 42.6 Å². The summed E-state index contributed by atoms with van der Waals surface area (Å²) in [6.45, 7) is 2.15. The van der Waals surface area contributed by atoms with E-state index in [9.17, 15) is 0 Å². The number of nitrogens with one attached hydrogen (secondary N) is 2. The summed E-state index contributed by atoms with van der Waals surface area (Å²) in [5, 5.41) is 14.1. The van der Waals surface area contributed by atoms with Gasteiger partial charge in [-0.05, 0) is 80.2 Å². The van der Waals surface area contributed by atoms with E-state index in [4.69, 9.17) is 16.6 Å². The Morgan fingerprint density at radius 1 is 1.03 bits per heavy atom. The first-order valence-electron chi connectivity index (χ1n) is 12.3. The summed E-state index contributed by atoms with van der Waals surface area (Å²) in [7, 11) is 1.50.